The fourth-order valence-electron chi connectivity index (χ4n) is 2.34. The van der Waals surface area contributed by atoms with Gasteiger partial charge >= 0.3 is 0 Å². The highest BCUT2D eigenvalue weighted by molar-refractivity contribution is 6.06. The molecule has 3 rings (SSSR count). The third-order valence-electron chi connectivity index (χ3n) is 3.56. The van der Waals surface area contributed by atoms with Crippen LogP contribution >= 0.6 is 0 Å². The molecule has 1 aromatic carbocycles. The fraction of sp³-hybridized carbons (Fsp3) is 0.312. The number of nitrogens with one attached hydrogen (secondary N) is 1. The third-order valence-corrected chi connectivity index (χ3v) is 3.56. The van der Waals surface area contributed by atoms with E-state index >= 15 is 0 Å². The quantitative estimate of drug-likeness (QED) is 0.902. The van der Waals surface area contributed by atoms with Gasteiger partial charge in [-0.2, -0.15) is 0 Å². The van der Waals surface area contributed by atoms with Crippen LogP contribution in [0.1, 0.15) is 17.7 Å². The lowest BCUT2D eigenvalue weighted by molar-refractivity contribution is -0.125. The summed E-state index contributed by atoms with van der Waals surface area (Å²) in [6, 6.07) is 7.04. The molecule has 0 unspecified atom stereocenters. The molecule has 126 valence electrons. The summed E-state index contributed by atoms with van der Waals surface area (Å²) in [7, 11) is 3.13. The molecule has 1 aliphatic heterocycles. The summed E-state index contributed by atoms with van der Waals surface area (Å²) in [6.07, 6.45) is -0.372. The summed E-state index contributed by atoms with van der Waals surface area (Å²) in [5, 5.41) is 10.3. The van der Waals surface area contributed by atoms with Crippen LogP contribution in [-0.4, -0.2) is 37.1 Å². The Morgan fingerprint density at radius 3 is 2.71 bits per heavy atom. The average Bonchev–Trinajstić information content (AvgIpc) is 3.23. The molecule has 8 nitrogen and oxygen atoms in total. The molecule has 0 aliphatic carbocycles. The molecule has 0 spiro atoms. The van der Waals surface area contributed by atoms with Gasteiger partial charge in [0.05, 0.1) is 19.9 Å². The molecule has 1 amide bonds. The number of anilines is 1. The highest BCUT2D eigenvalue weighted by Crippen LogP contribution is 2.29. The van der Waals surface area contributed by atoms with E-state index in [-0.39, 0.29) is 5.91 Å². The number of benzene rings is 1. The van der Waals surface area contributed by atoms with E-state index in [1.54, 1.807) is 39.3 Å². The maximum absolute atomic E-state index is 12.2. The number of hydrogen-bond donors (Lipinski definition) is 1. The standard InChI is InChI=1S/C16H17N3O5/c1-9-6-15(19-23-9)17-16(20)14-8-11(18-24-14)10-4-5-12(21-2)13(7-10)22-3/h4-7,14H,8H2,1-3H3,(H,17,19,20)/t14-/m1/s1. The van der Waals surface area contributed by atoms with E-state index in [1.807, 2.05) is 6.07 Å². The first kappa shape index (κ1) is 15.9. The highest BCUT2D eigenvalue weighted by Gasteiger charge is 2.29. The van der Waals surface area contributed by atoms with Crippen molar-refractivity contribution in [1.82, 2.24) is 5.16 Å². The van der Waals surface area contributed by atoms with E-state index in [0.717, 1.165) is 5.56 Å². The van der Waals surface area contributed by atoms with Crippen molar-refractivity contribution in [2.24, 2.45) is 5.16 Å². The van der Waals surface area contributed by atoms with Crippen molar-refractivity contribution in [2.75, 3.05) is 19.5 Å². The fourth-order valence-corrected chi connectivity index (χ4v) is 2.34. The maximum Gasteiger partial charge on any atom is 0.269 e. The normalized spacial score (nSPS) is 16.3. The Morgan fingerprint density at radius 1 is 1.25 bits per heavy atom. The molecular formula is C16H17N3O5. The lowest BCUT2D eigenvalue weighted by Crippen LogP contribution is -2.28. The van der Waals surface area contributed by atoms with Gasteiger partial charge in [-0.1, -0.05) is 10.3 Å². The summed E-state index contributed by atoms with van der Waals surface area (Å²) in [4.78, 5) is 17.4. The number of carbonyl (C=O) groups excluding carboxylic acids is 1. The van der Waals surface area contributed by atoms with E-state index in [0.29, 0.717) is 35.2 Å². The summed E-state index contributed by atoms with van der Waals surface area (Å²) in [5.74, 6) is 1.84. The number of aromatic nitrogens is 1. The smallest absolute Gasteiger partial charge is 0.269 e. The molecule has 1 N–H and O–H groups in total. The predicted molar refractivity (Wildman–Crippen MR) is 85.4 cm³/mol. The zero-order valence-electron chi connectivity index (χ0n) is 13.5. The number of amides is 1. The van der Waals surface area contributed by atoms with Crippen molar-refractivity contribution in [3.05, 3.63) is 35.6 Å². The van der Waals surface area contributed by atoms with E-state index in [9.17, 15) is 4.79 Å². The molecule has 2 aromatic rings. The minimum atomic E-state index is -0.717. The molecule has 0 fully saturated rings. The number of oxime groups is 1. The van der Waals surface area contributed by atoms with Crippen LogP contribution < -0.4 is 14.8 Å². The molecular weight excluding hydrogens is 314 g/mol. The molecule has 8 heteroatoms. The van der Waals surface area contributed by atoms with Crippen molar-refractivity contribution >= 4 is 17.4 Å². The number of methoxy groups -OCH3 is 2. The number of aryl methyl sites for hydroxylation is 1. The molecule has 0 saturated carbocycles. The molecule has 0 radical (unpaired) electrons. The van der Waals surface area contributed by atoms with Gasteiger partial charge in [-0.25, -0.2) is 0 Å². The Hall–Kier alpha value is -3.03. The number of carbonyl (C=O) groups is 1. The number of nitrogens with zero attached hydrogens (tertiary/aromatic N) is 2. The second-order valence-electron chi connectivity index (χ2n) is 5.22. The minimum absolute atomic E-state index is 0.331. The van der Waals surface area contributed by atoms with Crippen molar-refractivity contribution in [2.45, 2.75) is 19.4 Å². The molecule has 0 saturated heterocycles. The molecule has 2 heterocycles. The molecule has 1 aromatic heterocycles. The van der Waals surface area contributed by atoms with Gasteiger partial charge in [-0.15, -0.1) is 0 Å². The van der Waals surface area contributed by atoms with Gasteiger partial charge in [0.15, 0.2) is 17.3 Å². The van der Waals surface area contributed by atoms with Crippen LogP contribution in [-0.2, 0) is 9.63 Å². The Balaban J connectivity index is 1.67. The van der Waals surface area contributed by atoms with Gasteiger partial charge < -0.3 is 24.2 Å². The van der Waals surface area contributed by atoms with Crippen molar-refractivity contribution in [1.29, 1.82) is 0 Å². The average molecular weight is 331 g/mol. The maximum atomic E-state index is 12.2. The zero-order valence-corrected chi connectivity index (χ0v) is 13.5. The topological polar surface area (TPSA) is 95.2 Å². The summed E-state index contributed by atoms with van der Waals surface area (Å²) >= 11 is 0. The SMILES string of the molecule is COc1ccc(C2=NO[C@@H](C(=O)Nc3cc(C)on3)C2)cc1OC. The molecule has 24 heavy (non-hydrogen) atoms. The van der Waals surface area contributed by atoms with Gasteiger partial charge in [-0.3, -0.25) is 4.79 Å². The molecule has 1 atom stereocenters. The van der Waals surface area contributed by atoms with Crippen LogP contribution in [0.4, 0.5) is 5.82 Å². The monoisotopic (exact) mass is 331 g/mol. The van der Waals surface area contributed by atoms with Gasteiger partial charge in [0, 0.05) is 18.1 Å². The number of hydrogen-bond acceptors (Lipinski definition) is 7. The van der Waals surface area contributed by atoms with Crippen LogP contribution in [0.3, 0.4) is 0 Å². The van der Waals surface area contributed by atoms with Gasteiger partial charge in [0.1, 0.15) is 5.76 Å². The van der Waals surface area contributed by atoms with E-state index in [4.69, 9.17) is 18.8 Å². The largest absolute Gasteiger partial charge is 0.493 e. The summed E-state index contributed by atoms with van der Waals surface area (Å²) in [5.41, 5.74) is 1.47. The van der Waals surface area contributed by atoms with Crippen LogP contribution in [0.15, 0.2) is 33.9 Å². The second kappa shape index (κ2) is 6.61. The summed E-state index contributed by atoms with van der Waals surface area (Å²) < 4.78 is 15.4. The van der Waals surface area contributed by atoms with Gasteiger partial charge in [0.25, 0.3) is 5.91 Å². The first-order valence-electron chi connectivity index (χ1n) is 7.30. The highest BCUT2D eigenvalue weighted by atomic mass is 16.6. The first-order valence-corrected chi connectivity index (χ1v) is 7.30. The van der Waals surface area contributed by atoms with E-state index < -0.39 is 6.10 Å². The van der Waals surface area contributed by atoms with Gasteiger partial charge in [0.2, 0.25) is 6.10 Å². The predicted octanol–water partition coefficient (Wildman–Crippen LogP) is 2.13. The summed E-state index contributed by atoms with van der Waals surface area (Å²) in [6.45, 7) is 1.74. The van der Waals surface area contributed by atoms with Crippen molar-refractivity contribution in [3.63, 3.8) is 0 Å². The van der Waals surface area contributed by atoms with Crippen LogP contribution in [0.25, 0.3) is 0 Å². The van der Waals surface area contributed by atoms with E-state index in [2.05, 4.69) is 15.6 Å². The Kier molecular flexibility index (Phi) is 4.37. The van der Waals surface area contributed by atoms with Crippen LogP contribution in [0.5, 0.6) is 11.5 Å². The first-order chi connectivity index (χ1) is 11.6. The number of ether oxygens (including phenoxy) is 2. The lowest BCUT2D eigenvalue weighted by Gasteiger charge is -2.09. The Labute approximate surface area is 138 Å². The van der Waals surface area contributed by atoms with Gasteiger partial charge in [-0.05, 0) is 25.1 Å². The Bertz CT molecular complexity index is 784. The molecule has 1 aliphatic rings. The Morgan fingerprint density at radius 2 is 2.04 bits per heavy atom. The van der Waals surface area contributed by atoms with Crippen LogP contribution in [0, 0.1) is 6.92 Å². The number of rotatable bonds is 5. The lowest BCUT2D eigenvalue weighted by atomic mass is 10.0. The zero-order chi connectivity index (χ0) is 17.1. The van der Waals surface area contributed by atoms with Crippen molar-refractivity contribution in [3.8, 4) is 11.5 Å². The molecule has 0 bridgehead atoms. The van der Waals surface area contributed by atoms with Crippen LogP contribution in [0.2, 0.25) is 0 Å². The second-order valence-corrected chi connectivity index (χ2v) is 5.22. The third kappa shape index (κ3) is 3.17. The minimum Gasteiger partial charge on any atom is -0.493 e. The van der Waals surface area contributed by atoms with E-state index in [1.165, 1.54) is 0 Å². The van der Waals surface area contributed by atoms with Crippen molar-refractivity contribution < 1.29 is 23.6 Å².